The van der Waals surface area contributed by atoms with Crippen LogP contribution in [0, 0.1) is 18.3 Å². The normalized spacial score (nSPS) is 10.5. The lowest BCUT2D eigenvalue weighted by Crippen LogP contribution is -2.33. The molecule has 2 heterocycles. The molecule has 1 aromatic carbocycles. The van der Waals surface area contributed by atoms with Crippen molar-refractivity contribution < 1.29 is 4.79 Å². The summed E-state index contributed by atoms with van der Waals surface area (Å²) in [5.74, 6) is 0.840. The molecule has 3 aromatic rings. The maximum Gasteiger partial charge on any atom is 0.237 e. The first-order chi connectivity index (χ1) is 12.7. The van der Waals surface area contributed by atoms with Crippen LogP contribution < -0.4 is 4.90 Å². The van der Waals surface area contributed by atoms with Crippen LogP contribution in [0.15, 0.2) is 46.9 Å². The van der Waals surface area contributed by atoms with Crippen molar-refractivity contribution >= 4 is 34.7 Å². The monoisotopic (exact) mass is 383 g/mol. The van der Waals surface area contributed by atoms with Crippen molar-refractivity contribution in [2.45, 2.75) is 18.5 Å². The van der Waals surface area contributed by atoms with Gasteiger partial charge < -0.3 is 4.90 Å². The maximum atomic E-state index is 12.7. The second-order valence-corrected chi connectivity index (χ2v) is 7.41. The highest BCUT2D eigenvalue weighted by molar-refractivity contribution is 7.99. The molecule has 0 aliphatic heterocycles. The van der Waals surface area contributed by atoms with Crippen LogP contribution in [-0.2, 0) is 4.79 Å². The Morgan fingerprint density at radius 1 is 1.35 bits per heavy atom. The van der Waals surface area contributed by atoms with Gasteiger partial charge in [0.15, 0.2) is 5.82 Å². The van der Waals surface area contributed by atoms with Gasteiger partial charge in [-0.15, -0.1) is 16.4 Å². The first-order valence-electron chi connectivity index (χ1n) is 8.00. The van der Waals surface area contributed by atoms with Gasteiger partial charge in [-0.3, -0.25) is 9.89 Å². The first kappa shape index (κ1) is 18.2. The number of anilines is 1. The van der Waals surface area contributed by atoms with E-state index >= 15 is 0 Å². The molecule has 0 spiro atoms. The van der Waals surface area contributed by atoms with E-state index in [4.69, 9.17) is 5.26 Å². The van der Waals surface area contributed by atoms with Crippen LogP contribution in [-0.4, -0.2) is 33.4 Å². The number of thiophene rings is 1. The number of carbonyl (C=O) groups is 1. The molecule has 3 rings (SSSR count). The van der Waals surface area contributed by atoms with E-state index in [2.05, 4.69) is 21.3 Å². The van der Waals surface area contributed by atoms with Gasteiger partial charge in [0.1, 0.15) is 0 Å². The molecule has 0 unspecified atom stereocenters. The lowest BCUT2D eigenvalue weighted by atomic mass is 10.2. The van der Waals surface area contributed by atoms with Gasteiger partial charge >= 0.3 is 0 Å². The third-order valence-electron chi connectivity index (χ3n) is 3.64. The van der Waals surface area contributed by atoms with E-state index in [1.54, 1.807) is 16.2 Å². The Bertz CT molecular complexity index is 897. The fourth-order valence-electron chi connectivity index (χ4n) is 2.32. The summed E-state index contributed by atoms with van der Waals surface area (Å²) >= 11 is 2.86. The highest BCUT2D eigenvalue weighted by Gasteiger charge is 2.17. The number of hydrogen-bond donors (Lipinski definition) is 1. The smallest absolute Gasteiger partial charge is 0.237 e. The quantitative estimate of drug-likeness (QED) is 0.626. The SMILES string of the molecule is Cc1ccc(N(CCC#N)C(=O)CSc2n[nH]c(-c3cccs3)n2)cc1. The number of hydrogen-bond acceptors (Lipinski definition) is 6. The van der Waals surface area contributed by atoms with Gasteiger partial charge in [-0.25, -0.2) is 4.98 Å². The molecule has 8 heteroatoms. The second kappa shape index (κ2) is 8.65. The third-order valence-corrected chi connectivity index (χ3v) is 5.35. The summed E-state index contributed by atoms with van der Waals surface area (Å²) < 4.78 is 0. The number of benzene rings is 1. The number of aromatic amines is 1. The fraction of sp³-hybridized carbons (Fsp3) is 0.222. The van der Waals surface area contributed by atoms with Crippen molar-refractivity contribution in [2.75, 3.05) is 17.2 Å². The minimum absolute atomic E-state index is 0.0726. The Labute approximate surface area is 159 Å². The van der Waals surface area contributed by atoms with Crippen molar-refractivity contribution in [1.82, 2.24) is 15.2 Å². The van der Waals surface area contributed by atoms with Crippen molar-refractivity contribution in [2.24, 2.45) is 0 Å². The van der Waals surface area contributed by atoms with Crippen LogP contribution in [0.4, 0.5) is 5.69 Å². The van der Waals surface area contributed by atoms with E-state index in [0.29, 0.717) is 17.5 Å². The summed E-state index contributed by atoms with van der Waals surface area (Å²) in [6, 6.07) is 13.7. The minimum Gasteiger partial charge on any atom is -0.311 e. The van der Waals surface area contributed by atoms with Gasteiger partial charge in [-0.2, -0.15) is 5.26 Å². The lowest BCUT2D eigenvalue weighted by Gasteiger charge is -2.21. The van der Waals surface area contributed by atoms with Crippen LogP contribution >= 0.6 is 23.1 Å². The van der Waals surface area contributed by atoms with Crippen LogP contribution in [0.3, 0.4) is 0 Å². The van der Waals surface area contributed by atoms with E-state index in [0.717, 1.165) is 16.1 Å². The summed E-state index contributed by atoms with van der Waals surface area (Å²) in [4.78, 5) is 19.7. The Morgan fingerprint density at radius 3 is 2.85 bits per heavy atom. The van der Waals surface area contributed by atoms with Gasteiger partial charge in [-0.1, -0.05) is 35.5 Å². The molecule has 0 saturated carbocycles. The number of nitrogens with zero attached hydrogens (tertiary/aromatic N) is 4. The molecular formula is C18H17N5OS2. The van der Waals surface area contributed by atoms with E-state index in [9.17, 15) is 4.79 Å². The predicted octanol–water partition coefficient (Wildman–Crippen LogP) is 3.88. The van der Waals surface area contributed by atoms with Gasteiger partial charge in [-0.05, 0) is 30.5 Å². The van der Waals surface area contributed by atoms with Crippen molar-refractivity contribution in [3.05, 3.63) is 47.3 Å². The van der Waals surface area contributed by atoms with Crippen LogP contribution in [0.5, 0.6) is 0 Å². The highest BCUT2D eigenvalue weighted by atomic mass is 32.2. The summed E-state index contributed by atoms with van der Waals surface area (Å²) in [5, 5.41) is 18.4. The predicted molar refractivity (Wildman–Crippen MR) is 104 cm³/mol. The molecule has 1 N–H and O–H groups in total. The molecule has 0 atom stereocenters. The topological polar surface area (TPSA) is 85.7 Å². The Hall–Kier alpha value is -2.63. The standard InChI is InChI=1S/C18H17N5OS2/c1-13-5-7-14(8-6-13)23(10-3-9-19)16(24)12-26-18-20-17(21-22-18)15-4-2-11-25-15/h2,4-8,11H,3,10,12H2,1H3,(H,20,21,22). The third kappa shape index (κ3) is 4.50. The molecule has 0 radical (unpaired) electrons. The molecule has 0 aliphatic rings. The van der Waals surface area contributed by atoms with Crippen molar-refractivity contribution in [3.8, 4) is 16.8 Å². The highest BCUT2D eigenvalue weighted by Crippen LogP contribution is 2.24. The number of aryl methyl sites for hydroxylation is 1. The van der Waals surface area contributed by atoms with Crippen molar-refractivity contribution in [3.63, 3.8) is 0 Å². The zero-order valence-corrected chi connectivity index (χ0v) is 15.8. The molecule has 26 heavy (non-hydrogen) atoms. The summed E-state index contributed by atoms with van der Waals surface area (Å²) in [6.07, 6.45) is 0.285. The molecule has 132 valence electrons. The molecular weight excluding hydrogens is 366 g/mol. The molecule has 2 aromatic heterocycles. The summed E-state index contributed by atoms with van der Waals surface area (Å²) in [7, 11) is 0. The number of rotatable bonds is 7. The zero-order chi connectivity index (χ0) is 18.4. The summed E-state index contributed by atoms with van der Waals surface area (Å²) in [6.45, 7) is 2.36. The molecule has 0 saturated heterocycles. The van der Waals surface area contributed by atoms with Gasteiger partial charge in [0.25, 0.3) is 0 Å². The number of nitriles is 1. The average molecular weight is 384 g/mol. The molecule has 1 amide bonds. The Kier molecular flexibility index (Phi) is 6.04. The second-order valence-electron chi connectivity index (χ2n) is 5.52. The molecule has 0 fully saturated rings. The Balaban J connectivity index is 1.66. The number of H-pyrrole nitrogens is 1. The summed E-state index contributed by atoms with van der Waals surface area (Å²) in [5.41, 5.74) is 1.92. The minimum atomic E-state index is -0.0726. The number of nitrogens with one attached hydrogen (secondary N) is 1. The molecule has 0 aliphatic carbocycles. The van der Waals surface area contributed by atoms with Gasteiger partial charge in [0.05, 0.1) is 23.1 Å². The van der Waals surface area contributed by atoms with E-state index in [-0.39, 0.29) is 18.1 Å². The largest absolute Gasteiger partial charge is 0.311 e. The first-order valence-corrected chi connectivity index (χ1v) is 9.87. The zero-order valence-electron chi connectivity index (χ0n) is 14.2. The number of amides is 1. The molecule has 0 bridgehead atoms. The average Bonchev–Trinajstić information content (AvgIpc) is 3.33. The van der Waals surface area contributed by atoms with E-state index in [1.807, 2.05) is 48.7 Å². The lowest BCUT2D eigenvalue weighted by molar-refractivity contribution is -0.116. The fourth-order valence-corrected chi connectivity index (χ4v) is 3.66. The number of thioether (sulfide) groups is 1. The van der Waals surface area contributed by atoms with E-state index < -0.39 is 0 Å². The van der Waals surface area contributed by atoms with Gasteiger partial charge in [0, 0.05) is 12.2 Å². The van der Waals surface area contributed by atoms with E-state index in [1.165, 1.54) is 11.8 Å². The van der Waals surface area contributed by atoms with Crippen molar-refractivity contribution in [1.29, 1.82) is 5.26 Å². The number of aromatic nitrogens is 3. The van der Waals surface area contributed by atoms with Crippen LogP contribution in [0.25, 0.3) is 10.7 Å². The van der Waals surface area contributed by atoms with Crippen LogP contribution in [0.1, 0.15) is 12.0 Å². The van der Waals surface area contributed by atoms with Crippen LogP contribution in [0.2, 0.25) is 0 Å². The Morgan fingerprint density at radius 2 is 2.15 bits per heavy atom. The molecule has 6 nitrogen and oxygen atoms in total. The number of carbonyl (C=O) groups excluding carboxylic acids is 1. The van der Waals surface area contributed by atoms with Gasteiger partial charge in [0.2, 0.25) is 11.1 Å². The maximum absolute atomic E-state index is 12.7.